The first-order valence-electron chi connectivity index (χ1n) is 11.1. The molecule has 1 aliphatic heterocycles. The molecule has 0 spiro atoms. The molecule has 32 heavy (non-hydrogen) atoms. The molecular weight excluding hydrogens is 406 g/mol. The van der Waals surface area contributed by atoms with Gasteiger partial charge in [-0.3, -0.25) is 0 Å². The Hall–Kier alpha value is -2.67. The van der Waals surface area contributed by atoms with E-state index >= 15 is 0 Å². The van der Waals surface area contributed by atoms with Crippen molar-refractivity contribution in [2.75, 3.05) is 20.2 Å². The number of hydrogen-bond donors (Lipinski definition) is 1. The molecule has 1 aromatic heterocycles. The van der Waals surface area contributed by atoms with Gasteiger partial charge in [-0.2, -0.15) is 5.10 Å². The summed E-state index contributed by atoms with van der Waals surface area (Å²) in [6.45, 7) is 12.5. The van der Waals surface area contributed by atoms with E-state index in [2.05, 4.69) is 10.2 Å². The van der Waals surface area contributed by atoms with Crippen LogP contribution in [0, 0.1) is 19.3 Å². The molecule has 1 saturated heterocycles. The number of aliphatic hydroxyl groups is 1. The molecule has 0 bridgehead atoms. The van der Waals surface area contributed by atoms with Crippen LogP contribution in [0.25, 0.3) is 11.3 Å². The van der Waals surface area contributed by atoms with Crippen molar-refractivity contribution in [2.45, 2.75) is 66.1 Å². The summed E-state index contributed by atoms with van der Waals surface area (Å²) in [6, 6.07) is 7.83. The van der Waals surface area contributed by atoms with Gasteiger partial charge in [0.2, 0.25) is 0 Å². The zero-order valence-corrected chi connectivity index (χ0v) is 20.2. The molecule has 0 aliphatic carbocycles. The topological polar surface area (TPSA) is 84.8 Å². The molecule has 1 amide bonds. The largest absolute Gasteiger partial charge is 0.496 e. The molecule has 2 heterocycles. The number of aromatic nitrogens is 2. The van der Waals surface area contributed by atoms with Crippen LogP contribution in [0.3, 0.4) is 0 Å². The quantitative estimate of drug-likeness (QED) is 0.731. The Morgan fingerprint density at radius 1 is 1.22 bits per heavy atom. The van der Waals surface area contributed by atoms with Crippen LogP contribution < -0.4 is 4.74 Å². The van der Waals surface area contributed by atoms with Gasteiger partial charge in [0, 0.05) is 24.1 Å². The molecule has 7 heteroatoms. The van der Waals surface area contributed by atoms with Crippen molar-refractivity contribution in [3.8, 4) is 17.0 Å². The molecule has 3 rings (SSSR count). The number of rotatable bonds is 4. The number of hydrogen-bond acceptors (Lipinski definition) is 6. The first kappa shape index (κ1) is 24.0. The van der Waals surface area contributed by atoms with Gasteiger partial charge in [0.25, 0.3) is 0 Å². The van der Waals surface area contributed by atoms with E-state index in [4.69, 9.17) is 9.47 Å². The van der Waals surface area contributed by atoms with Gasteiger partial charge in [-0.05, 0) is 76.8 Å². The van der Waals surface area contributed by atoms with Gasteiger partial charge in [0.15, 0.2) is 0 Å². The van der Waals surface area contributed by atoms with Crippen LogP contribution in [0.1, 0.15) is 63.5 Å². The van der Waals surface area contributed by atoms with Gasteiger partial charge in [-0.1, -0.05) is 13.0 Å². The molecule has 2 atom stereocenters. The Bertz CT molecular complexity index is 986. The first-order chi connectivity index (χ1) is 14.9. The highest BCUT2D eigenvalue weighted by Crippen LogP contribution is 2.41. The molecule has 0 unspecified atom stereocenters. The average Bonchev–Trinajstić information content (AvgIpc) is 2.72. The third-order valence-corrected chi connectivity index (χ3v) is 5.94. The smallest absolute Gasteiger partial charge is 0.410 e. The highest BCUT2D eigenvalue weighted by Gasteiger charge is 2.41. The van der Waals surface area contributed by atoms with Crippen molar-refractivity contribution in [3.05, 3.63) is 41.1 Å². The van der Waals surface area contributed by atoms with E-state index in [0.717, 1.165) is 41.0 Å². The maximum atomic E-state index is 12.6. The molecule has 7 nitrogen and oxygen atoms in total. The standard InChI is InChI=1S/C25H35N3O4/c1-16-9-10-18(20(13-16)31-7)21-17(2)14-19(26-27-21)22(29)25(6)11-8-12-28(15-25)23(30)32-24(3,4)5/h9-10,13-14,22,29H,8,11-12,15H2,1-7H3/t22-,25+/m0/s1. The summed E-state index contributed by atoms with van der Waals surface area (Å²) < 4.78 is 11.1. The van der Waals surface area contributed by atoms with E-state index in [1.165, 1.54) is 0 Å². The van der Waals surface area contributed by atoms with Crippen molar-refractivity contribution in [2.24, 2.45) is 5.41 Å². The number of amides is 1. The number of methoxy groups -OCH3 is 1. The van der Waals surface area contributed by atoms with Crippen molar-refractivity contribution in [1.82, 2.24) is 15.1 Å². The van der Waals surface area contributed by atoms with Crippen LogP contribution in [-0.4, -0.2) is 52.1 Å². The van der Waals surface area contributed by atoms with Crippen LogP contribution in [0.4, 0.5) is 4.79 Å². The zero-order valence-electron chi connectivity index (χ0n) is 20.2. The van der Waals surface area contributed by atoms with Gasteiger partial charge in [-0.25, -0.2) is 4.79 Å². The fourth-order valence-corrected chi connectivity index (χ4v) is 4.23. The summed E-state index contributed by atoms with van der Waals surface area (Å²) in [6.07, 6.45) is 0.368. The monoisotopic (exact) mass is 441 g/mol. The van der Waals surface area contributed by atoms with Crippen LogP contribution in [0.15, 0.2) is 24.3 Å². The molecule has 2 aromatic rings. The van der Waals surface area contributed by atoms with Gasteiger partial charge >= 0.3 is 6.09 Å². The van der Waals surface area contributed by atoms with Crippen molar-refractivity contribution in [1.29, 1.82) is 0 Å². The van der Waals surface area contributed by atoms with Crippen LogP contribution >= 0.6 is 0 Å². The molecule has 174 valence electrons. The Kier molecular flexibility index (Phi) is 6.79. The molecule has 0 saturated carbocycles. The highest BCUT2D eigenvalue weighted by molar-refractivity contribution is 5.70. The third-order valence-electron chi connectivity index (χ3n) is 5.94. The minimum Gasteiger partial charge on any atom is -0.496 e. The minimum absolute atomic E-state index is 0.347. The number of piperidine rings is 1. The fourth-order valence-electron chi connectivity index (χ4n) is 4.23. The number of aryl methyl sites for hydroxylation is 2. The maximum Gasteiger partial charge on any atom is 0.410 e. The predicted octanol–water partition coefficient (Wildman–Crippen LogP) is 4.84. The van der Waals surface area contributed by atoms with Crippen LogP contribution in [-0.2, 0) is 4.74 Å². The normalized spacial score (nSPS) is 20.1. The second-order valence-corrected chi connectivity index (χ2v) is 10.1. The van der Waals surface area contributed by atoms with Gasteiger partial charge < -0.3 is 19.5 Å². The summed E-state index contributed by atoms with van der Waals surface area (Å²) in [5.74, 6) is 0.739. The maximum absolute atomic E-state index is 12.6. The van der Waals surface area contributed by atoms with Crippen molar-refractivity contribution in [3.63, 3.8) is 0 Å². The summed E-state index contributed by atoms with van der Waals surface area (Å²) >= 11 is 0. The fraction of sp³-hybridized carbons (Fsp3) is 0.560. The number of aliphatic hydroxyl groups excluding tert-OH is 1. The Morgan fingerprint density at radius 2 is 1.94 bits per heavy atom. The molecule has 1 N–H and O–H groups in total. The van der Waals surface area contributed by atoms with E-state index in [-0.39, 0.29) is 6.09 Å². The van der Waals surface area contributed by atoms with E-state index in [1.807, 2.05) is 65.8 Å². The lowest BCUT2D eigenvalue weighted by Crippen LogP contribution is -2.49. The molecule has 0 radical (unpaired) electrons. The Labute approximate surface area is 190 Å². The molecule has 1 aromatic carbocycles. The summed E-state index contributed by atoms with van der Waals surface area (Å²) in [5, 5.41) is 20.1. The highest BCUT2D eigenvalue weighted by atomic mass is 16.6. The molecule has 1 aliphatic rings. The molecule has 1 fully saturated rings. The van der Waals surface area contributed by atoms with Gasteiger partial charge in [-0.15, -0.1) is 5.10 Å². The zero-order chi connectivity index (χ0) is 23.7. The Balaban J connectivity index is 1.84. The van der Waals surface area contributed by atoms with E-state index in [0.29, 0.717) is 18.8 Å². The number of carbonyl (C=O) groups excluding carboxylic acids is 1. The van der Waals surface area contributed by atoms with Gasteiger partial charge in [0.1, 0.15) is 17.5 Å². The predicted molar refractivity (Wildman–Crippen MR) is 124 cm³/mol. The van der Waals surface area contributed by atoms with E-state index in [1.54, 1.807) is 12.0 Å². The number of likely N-dealkylation sites (tertiary alicyclic amines) is 1. The van der Waals surface area contributed by atoms with Crippen molar-refractivity contribution < 1.29 is 19.4 Å². The Morgan fingerprint density at radius 3 is 2.56 bits per heavy atom. The first-order valence-corrected chi connectivity index (χ1v) is 11.1. The lowest BCUT2D eigenvalue weighted by molar-refractivity contribution is -0.0364. The minimum atomic E-state index is -0.854. The summed E-state index contributed by atoms with van der Waals surface area (Å²) in [5.41, 5.74) is 3.00. The molecular formula is C25H35N3O4. The number of nitrogens with zero attached hydrogens (tertiary/aromatic N) is 3. The average molecular weight is 442 g/mol. The number of ether oxygens (including phenoxy) is 2. The number of carbonyl (C=O) groups is 1. The second kappa shape index (κ2) is 9.06. The lowest BCUT2D eigenvalue weighted by Gasteiger charge is -2.43. The summed E-state index contributed by atoms with van der Waals surface area (Å²) in [7, 11) is 1.64. The van der Waals surface area contributed by atoms with Crippen LogP contribution in [0.2, 0.25) is 0 Å². The third kappa shape index (κ3) is 5.21. The SMILES string of the molecule is COc1cc(C)ccc1-c1nnc([C@H](O)[C@]2(C)CCCN(C(=O)OC(C)(C)C)C2)cc1C. The van der Waals surface area contributed by atoms with Gasteiger partial charge in [0.05, 0.1) is 18.5 Å². The lowest BCUT2D eigenvalue weighted by atomic mass is 9.75. The van der Waals surface area contributed by atoms with E-state index in [9.17, 15) is 9.90 Å². The second-order valence-electron chi connectivity index (χ2n) is 10.1. The van der Waals surface area contributed by atoms with E-state index < -0.39 is 17.1 Å². The number of benzene rings is 1. The summed E-state index contributed by atoms with van der Waals surface area (Å²) in [4.78, 5) is 14.3. The van der Waals surface area contributed by atoms with Crippen LogP contribution in [0.5, 0.6) is 5.75 Å². The van der Waals surface area contributed by atoms with Crippen molar-refractivity contribution >= 4 is 6.09 Å².